The SMILES string of the molecule is COc1ccc(-c2[o+]c3cc(O)ccc3cc2OC)cc1.[Cl-]. The maximum absolute atomic E-state index is 9.58. The number of hydrogen-bond acceptors (Lipinski definition) is 3. The summed E-state index contributed by atoms with van der Waals surface area (Å²) in [5, 5.41) is 10.4. The van der Waals surface area contributed by atoms with Crippen molar-refractivity contribution in [3.8, 4) is 28.6 Å². The van der Waals surface area contributed by atoms with Gasteiger partial charge in [0.2, 0.25) is 5.75 Å². The van der Waals surface area contributed by atoms with Crippen LogP contribution in [0, 0.1) is 0 Å². The smallest absolute Gasteiger partial charge is 0.402 e. The van der Waals surface area contributed by atoms with Gasteiger partial charge in [-0.1, -0.05) is 0 Å². The van der Waals surface area contributed by atoms with E-state index in [1.165, 1.54) is 0 Å². The van der Waals surface area contributed by atoms with Crippen molar-refractivity contribution in [2.75, 3.05) is 14.2 Å². The van der Waals surface area contributed by atoms with E-state index in [2.05, 4.69) is 0 Å². The molecule has 1 heterocycles. The molecule has 0 bridgehead atoms. The minimum atomic E-state index is 0. The van der Waals surface area contributed by atoms with Gasteiger partial charge in [-0.15, -0.1) is 0 Å². The second-order valence-corrected chi connectivity index (χ2v) is 4.59. The topological polar surface area (TPSA) is 50.0 Å². The molecular formula is C17H15ClO4. The van der Waals surface area contributed by atoms with Crippen LogP contribution in [0.4, 0.5) is 0 Å². The van der Waals surface area contributed by atoms with Gasteiger partial charge in [0.05, 0.1) is 31.2 Å². The van der Waals surface area contributed by atoms with Crippen LogP contribution in [-0.2, 0) is 0 Å². The zero-order valence-electron chi connectivity index (χ0n) is 12.2. The van der Waals surface area contributed by atoms with Crippen molar-refractivity contribution in [1.29, 1.82) is 0 Å². The van der Waals surface area contributed by atoms with Crippen LogP contribution in [0.1, 0.15) is 0 Å². The number of rotatable bonds is 3. The van der Waals surface area contributed by atoms with E-state index in [4.69, 9.17) is 13.9 Å². The minimum absolute atomic E-state index is 0. The van der Waals surface area contributed by atoms with Gasteiger partial charge in [0.1, 0.15) is 11.5 Å². The molecule has 0 spiro atoms. The summed E-state index contributed by atoms with van der Waals surface area (Å²) in [6.45, 7) is 0. The van der Waals surface area contributed by atoms with Crippen LogP contribution in [0.25, 0.3) is 22.3 Å². The quantitative estimate of drug-likeness (QED) is 0.735. The zero-order chi connectivity index (χ0) is 14.8. The third-order valence-electron chi connectivity index (χ3n) is 3.29. The molecule has 0 saturated carbocycles. The van der Waals surface area contributed by atoms with E-state index in [9.17, 15) is 5.11 Å². The van der Waals surface area contributed by atoms with Gasteiger partial charge < -0.3 is 27.0 Å². The van der Waals surface area contributed by atoms with Crippen LogP contribution in [0.3, 0.4) is 0 Å². The molecule has 3 aromatic rings. The fourth-order valence-corrected chi connectivity index (χ4v) is 2.19. The molecule has 3 rings (SSSR count). The molecule has 1 N–H and O–H groups in total. The Bertz CT molecular complexity index is 785. The second-order valence-electron chi connectivity index (χ2n) is 4.59. The van der Waals surface area contributed by atoms with Crippen LogP contribution in [0.2, 0.25) is 0 Å². The lowest BCUT2D eigenvalue weighted by Crippen LogP contribution is -3.00. The summed E-state index contributed by atoms with van der Waals surface area (Å²) in [6, 6.07) is 14.4. The number of phenolic OH excluding ortho intramolecular Hbond substituents is 1. The molecule has 0 amide bonds. The summed E-state index contributed by atoms with van der Waals surface area (Å²) in [6.07, 6.45) is 0. The van der Waals surface area contributed by atoms with Crippen molar-refractivity contribution in [1.82, 2.24) is 0 Å². The lowest BCUT2D eigenvalue weighted by atomic mass is 10.1. The van der Waals surface area contributed by atoms with Gasteiger partial charge in [-0.05, 0) is 36.4 Å². The van der Waals surface area contributed by atoms with Gasteiger partial charge in [0.25, 0.3) is 0 Å². The third kappa shape index (κ3) is 2.92. The molecule has 4 nitrogen and oxygen atoms in total. The Balaban J connectivity index is 0.00000176. The summed E-state index contributed by atoms with van der Waals surface area (Å²) in [5.41, 5.74) is 1.47. The van der Waals surface area contributed by atoms with Gasteiger partial charge in [0, 0.05) is 6.07 Å². The summed E-state index contributed by atoms with van der Waals surface area (Å²) < 4.78 is 16.5. The standard InChI is InChI=1S/C17H14O4.ClH/c1-19-14-7-4-11(5-8-14)17-16(20-2)9-12-3-6-13(18)10-15(12)21-17;/h3-10H,1-2H3;1H. The second kappa shape index (κ2) is 6.54. The fraction of sp³-hybridized carbons (Fsp3) is 0.118. The van der Waals surface area contributed by atoms with Crippen LogP contribution >= 0.6 is 0 Å². The molecule has 0 fully saturated rings. The van der Waals surface area contributed by atoms with E-state index >= 15 is 0 Å². The van der Waals surface area contributed by atoms with E-state index in [-0.39, 0.29) is 18.2 Å². The largest absolute Gasteiger partial charge is 1.00 e. The Morgan fingerprint density at radius 2 is 1.64 bits per heavy atom. The molecule has 0 unspecified atom stereocenters. The Kier molecular flexibility index (Phi) is 4.73. The molecule has 1 aromatic heterocycles. The number of ether oxygens (including phenoxy) is 2. The number of fused-ring (bicyclic) bond motifs is 1. The zero-order valence-corrected chi connectivity index (χ0v) is 12.9. The molecular weight excluding hydrogens is 304 g/mol. The number of benzene rings is 2. The molecule has 0 atom stereocenters. The first-order valence-electron chi connectivity index (χ1n) is 6.49. The van der Waals surface area contributed by atoms with Crippen LogP contribution in [0.15, 0.2) is 52.9 Å². The average molecular weight is 319 g/mol. The fourth-order valence-electron chi connectivity index (χ4n) is 2.19. The van der Waals surface area contributed by atoms with E-state index in [0.717, 1.165) is 16.7 Å². The van der Waals surface area contributed by atoms with Gasteiger partial charge in [-0.25, -0.2) is 4.42 Å². The van der Waals surface area contributed by atoms with Crippen molar-refractivity contribution < 1.29 is 31.4 Å². The highest BCUT2D eigenvalue weighted by atomic mass is 35.5. The Labute approximate surface area is 134 Å². The molecule has 22 heavy (non-hydrogen) atoms. The van der Waals surface area contributed by atoms with Crippen molar-refractivity contribution in [2.45, 2.75) is 0 Å². The lowest BCUT2D eigenvalue weighted by Gasteiger charge is -2.02. The maximum Gasteiger partial charge on any atom is 0.402 e. The van der Waals surface area contributed by atoms with Crippen molar-refractivity contribution in [2.24, 2.45) is 0 Å². The van der Waals surface area contributed by atoms with Crippen molar-refractivity contribution >= 4 is 11.0 Å². The van der Waals surface area contributed by atoms with Gasteiger partial charge in [-0.2, -0.15) is 0 Å². The minimum Gasteiger partial charge on any atom is -1.00 e. The van der Waals surface area contributed by atoms with E-state index in [1.54, 1.807) is 32.4 Å². The van der Waals surface area contributed by atoms with Crippen LogP contribution in [-0.4, -0.2) is 19.3 Å². The first-order chi connectivity index (χ1) is 10.2. The summed E-state index contributed by atoms with van der Waals surface area (Å²) in [7, 11) is 3.23. The molecule has 0 aliphatic heterocycles. The first kappa shape index (κ1) is 15.9. The summed E-state index contributed by atoms with van der Waals surface area (Å²) >= 11 is 0. The van der Waals surface area contributed by atoms with E-state index < -0.39 is 0 Å². The number of aromatic hydroxyl groups is 1. The predicted molar refractivity (Wildman–Crippen MR) is 80.8 cm³/mol. The predicted octanol–water partition coefficient (Wildman–Crippen LogP) is 1.11. The summed E-state index contributed by atoms with van der Waals surface area (Å²) in [5.74, 6) is 2.19. The van der Waals surface area contributed by atoms with Crippen LogP contribution in [0.5, 0.6) is 17.2 Å². The molecule has 114 valence electrons. The van der Waals surface area contributed by atoms with Crippen LogP contribution < -0.4 is 21.9 Å². The van der Waals surface area contributed by atoms with Crippen molar-refractivity contribution in [3.05, 3.63) is 48.5 Å². The number of phenols is 1. The number of halogens is 1. The van der Waals surface area contributed by atoms with Gasteiger partial charge in [-0.3, -0.25) is 0 Å². The Hall–Kier alpha value is -2.46. The molecule has 0 aliphatic carbocycles. The Morgan fingerprint density at radius 3 is 2.27 bits per heavy atom. The summed E-state index contributed by atoms with van der Waals surface area (Å²) in [4.78, 5) is 0. The van der Waals surface area contributed by atoms with E-state index in [0.29, 0.717) is 17.1 Å². The highest BCUT2D eigenvalue weighted by molar-refractivity contribution is 5.83. The number of hydrogen-bond donors (Lipinski definition) is 1. The first-order valence-corrected chi connectivity index (χ1v) is 6.49. The highest BCUT2D eigenvalue weighted by Gasteiger charge is 2.22. The molecule has 5 heteroatoms. The average Bonchev–Trinajstić information content (AvgIpc) is 2.53. The highest BCUT2D eigenvalue weighted by Crippen LogP contribution is 2.35. The van der Waals surface area contributed by atoms with Gasteiger partial charge >= 0.3 is 11.3 Å². The number of methoxy groups -OCH3 is 2. The molecule has 0 aliphatic rings. The normalized spacial score (nSPS) is 10.1. The lowest BCUT2D eigenvalue weighted by molar-refractivity contribution is -0.00000627. The Morgan fingerprint density at radius 1 is 0.909 bits per heavy atom. The maximum atomic E-state index is 9.58. The van der Waals surface area contributed by atoms with Crippen molar-refractivity contribution in [3.63, 3.8) is 0 Å². The monoisotopic (exact) mass is 318 g/mol. The molecule has 0 saturated heterocycles. The van der Waals surface area contributed by atoms with Gasteiger partial charge in [0.15, 0.2) is 0 Å². The molecule has 2 aromatic carbocycles. The molecule has 0 radical (unpaired) electrons. The van der Waals surface area contributed by atoms with E-state index in [1.807, 2.05) is 30.3 Å². The third-order valence-corrected chi connectivity index (χ3v) is 3.29.